The van der Waals surface area contributed by atoms with Crippen molar-refractivity contribution < 1.29 is 14.6 Å². The van der Waals surface area contributed by atoms with Crippen molar-refractivity contribution >= 4 is 11.8 Å². The molecular weight excluding hydrogens is 376 g/mol. The van der Waals surface area contributed by atoms with Crippen molar-refractivity contribution in [2.75, 3.05) is 18.5 Å². The van der Waals surface area contributed by atoms with Crippen molar-refractivity contribution in [2.24, 2.45) is 0 Å². The van der Waals surface area contributed by atoms with E-state index in [-0.39, 0.29) is 6.42 Å². The number of pyridine rings is 1. The molecule has 0 saturated carbocycles. The van der Waals surface area contributed by atoms with Crippen LogP contribution in [0.1, 0.15) is 36.0 Å². The maximum atomic E-state index is 10.9. The van der Waals surface area contributed by atoms with E-state index < -0.39 is 5.97 Å². The van der Waals surface area contributed by atoms with Crippen LogP contribution in [0.15, 0.2) is 72.9 Å². The van der Waals surface area contributed by atoms with Gasteiger partial charge >= 0.3 is 5.97 Å². The van der Waals surface area contributed by atoms with Crippen molar-refractivity contribution in [3.8, 4) is 5.75 Å². The molecule has 0 bridgehead atoms. The van der Waals surface area contributed by atoms with Gasteiger partial charge in [-0.3, -0.25) is 4.79 Å². The zero-order valence-electron chi connectivity index (χ0n) is 17.1. The third-order valence-electron chi connectivity index (χ3n) is 4.81. The zero-order chi connectivity index (χ0) is 21.0. The van der Waals surface area contributed by atoms with Crippen molar-refractivity contribution in [1.82, 2.24) is 4.98 Å². The Hall–Kier alpha value is -3.34. The maximum Gasteiger partial charge on any atom is 0.303 e. The van der Waals surface area contributed by atoms with Gasteiger partial charge in [-0.1, -0.05) is 42.5 Å². The molecule has 0 spiro atoms. The Morgan fingerprint density at radius 1 is 0.967 bits per heavy atom. The molecule has 5 nitrogen and oxygen atoms in total. The Kier molecular flexibility index (Phi) is 8.27. The van der Waals surface area contributed by atoms with Crippen molar-refractivity contribution in [2.45, 2.75) is 32.1 Å². The molecule has 2 aromatic carbocycles. The van der Waals surface area contributed by atoms with Crippen LogP contribution in [0.4, 0.5) is 5.82 Å². The minimum Gasteiger partial charge on any atom is -0.494 e. The van der Waals surface area contributed by atoms with E-state index in [2.05, 4.69) is 34.6 Å². The molecule has 3 aromatic rings. The van der Waals surface area contributed by atoms with Crippen LogP contribution in [0.3, 0.4) is 0 Å². The average Bonchev–Trinajstić information content (AvgIpc) is 2.76. The van der Waals surface area contributed by atoms with Crippen molar-refractivity contribution in [3.05, 3.63) is 89.6 Å². The predicted octanol–water partition coefficient (Wildman–Crippen LogP) is 4.96. The molecule has 3 rings (SSSR count). The number of anilines is 1. The average molecular weight is 405 g/mol. The zero-order valence-corrected chi connectivity index (χ0v) is 17.1. The second-order valence-electron chi connectivity index (χ2n) is 7.18. The van der Waals surface area contributed by atoms with Gasteiger partial charge in [0, 0.05) is 19.2 Å². The Morgan fingerprint density at radius 3 is 2.57 bits per heavy atom. The summed E-state index contributed by atoms with van der Waals surface area (Å²) in [5, 5.41) is 12.2. The summed E-state index contributed by atoms with van der Waals surface area (Å²) in [6, 6.07) is 22.2. The molecule has 1 aromatic heterocycles. The van der Waals surface area contributed by atoms with Crippen LogP contribution in [0.5, 0.6) is 5.75 Å². The number of aryl methyl sites for hydroxylation is 1. The van der Waals surface area contributed by atoms with Gasteiger partial charge in [-0.25, -0.2) is 4.98 Å². The molecule has 1 heterocycles. The molecule has 0 atom stereocenters. The van der Waals surface area contributed by atoms with E-state index in [9.17, 15) is 4.79 Å². The molecule has 0 saturated heterocycles. The lowest BCUT2D eigenvalue weighted by Crippen LogP contribution is -2.08. The van der Waals surface area contributed by atoms with Crippen LogP contribution < -0.4 is 10.1 Å². The van der Waals surface area contributed by atoms with Crippen LogP contribution >= 0.6 is 0 Å². The lowest BCUT2D eigenvalue weighted by Gasteiger charge is -2.13. The van der Waals surface area contributed by atoms with E-state index in [0.717, 1.165) is 37.4 Å². The molecule has 5 heteroatoms. The predicted molar refractivity (Wildman–Crippen MR) is 119 cm³/mol. The first-order valence-corrected chi connectivity index (χ1v) is 10.4. The number of benzene rings is 2. The fraction of sp³-hybridized carbons (Fsp3) is 0.280. The van der Waals surface area contributed by atoms with Gasteiger partial charge in [-0.15, -0.1) is 0 Å². The Labute approximate surface area is 177 Å². The van der Waals surface area contributed by atoms with E-state index in [1.165, 1.54) is 16.7 Å². The van der Waals surface area contributed by atoms with Crippen molar-refractivity contribution in [3.63, 3.8) is 0 Å². The number of carboxylic acids is 1. The Bertz CT molecular complexity index is 914. The third kappa shape index (κ3) is 7.24. The number of hydrogen-bond acceptors (Lipinski definition) is 4. The molecule has 0 unspecified atom stereocenters. The summed E-state index contributed by atoms with van der Waals surface area (Å²) < 4.78 is 5.97. The molecular formula is C25H28N2O3. The summed E-state index contributed by atoms with van der Waals surface area (Å²) in [5.74, 6) is 0.966. The topological polar surface area (TPSA) is 71.5 Å². The molecule has 30 heavy (non-hydrogen) atoms. The van der Waals surface area contributed by atoms with E-state index in [0.29, 0.717) is 13.0 Å². The molecule has 0 aliphatic rings. The van der Waals surface area contributed by atoms with E-state index >= 15 is 0 Å². The molecule has 0 aliphatic carbocycles. The summed E-state index contributed by atoms with van der Waals surface area (Å²) in [6.07, 6.45) is 5.02. The third-order valence-corrected chi connectivity index (χ3v) is 4.81. The molecule has 0 fully saturated rings. The number of aromatic nitrogens is 1. The Morgan fingerprint density at radius 2 is 1.80 bits per heavy atom. The molecule has 2 N–H and O–H groups in total. The van der Waals surface area contributed by atoms with Gasteiger partial charge in [0.1, 0.15) is 11.6 Å². The monoisotopic (exact) mass is 404 g/mol. The summed E-state index contributed by atoms with van der Waals surface area (Å²) in [7, 11) is 0. The van der Waals surface area contributed by atoms with Gasteiger partial charge in [0.05, 0.1) is 6.61 Å². The van der Waals surface area contributed by atoms with Crippen LogP contribution in [0.2, 0.25) is 0 Å². The highest BCUT2D eigenvalue weighted by Gasteiger charge is 2.08. The van der Waals surface area contributed by atoms with E-state index in [1.807, 2.05) is 42.5 Å². The minimum absolute atomic E-state index is 0.187. The highest BCUT2D eigenvalue weighted by molar-refractivity contribution is 5.66. The largest absolute Gasteiger partial charge is 0.494 e. The SMILES string of the molecule is O=C(O)CCCc1ccc(OCCCNc2ccccn2)cc1Cc1ccccc1. The van der Waals surface area contributed by atoms with E-state index in [4.69, 9.17) is 9.84 Å². The lowest BCUT2D eigenvalue weighted by molar-refractivity contribution is -0.137. The second kappa shape index (κ2) is 11.6. The fourth-order valence-electron chi connectivity index (χ4n) is 3.29. The summed E-state index contributed by atoms with van der Waals surface area (Å²) in [6.45, 7) is 1.41. The number of hydrogen-bond donors (Lipinski definition) is 2. The molecule has 156 valence electrons. The van der Waals surface area contributed by atoms with Gasteiger partial charge in [0.2, 0.25) is 0 Å². The second-order valence-corrected chi connectivity index (χ2v) is 7.18. The van der Waals surface area contributed by atoms with Gasteiger partial charge in [-0.05, 0) is 66.6 Å². The van der Waals surface area contributed by atoms with Gasteiger partial charge in [0.15, 0.2) is 0 Å². The minimum atomic E-state index is -0.751. The summed E-state index contributed by atoms with van der Waals surface area (Å²) >= 11 is 0. The first-order valence-electron chi connectivity index (χ1n) is 10.4. The van der Waals surface area contributed by atoms with E-state index in [1.54, 1.807) is 6.20 Å². The molecule has 0 radical (unpaired) electrons. The van der Waals surface area contributed by atoms with Crippen LogP contribution in [0.25, 0.3) is 0 Å². The standard InChI is InChI=1S/C25H28N2O3/c28-25(29)12-6-10-21-13-14-23(19-22(21)18-20-8-2-1-3-9-20)30-17-7-16-27-24-11-4-5-15-26-24/h1-5,8-9,11,13-15,19H,6-7,10,12,16-18H2,(H,26,27)(H,28,29). The number of carbonyl (C=O) groups is 1. The normalized spacial score (nSPS) is 10.5. The number of nitrogens with zero attached hydrogens (tertiary/aromatic N) is 1. The van der Waals surface area contributed by atoms with Gasteiger partial charge in [0.25, 0.3) is 0 Å². The van der Waals surface area contributed by atoms with Gasteiger partial charge in [-0.2, -0.15) is 0 Å². The number of carboxylic acid groups (broad SMARTS) is 1. The van der Waals surface area contributed by atoms with Gasteiger partial charge < -0.3 is 15.2 Å². The summed E-state index contributed by atoms with van der Waals surface area (Å²) in [5.41, 5.74) is 3.61. The Balaban J connectivity index is 1.57. The maximum absolute atomic E-state index is 10.9. The van der Waals surface area contributed by atoms with Crippen LogP contribution in [0, 0.1) is 0 Å². The first kappa shape index (κ1) is 21.4. The highest BCUT2D eigenvalue weighted by Crippen LogP contribution is 2.23. The quantitative estimate of drug-likeness (QED) is 0.418. The van der Waals surface area contributed by atoms with Crippen LogP contribution in [-0.4, -0.2) is 29.2 Å². The summed E-state index contributed by atoms with van der Waals surface area (Å²) in [4.78, 5) is 15.1. The smallest absolute Gasteiger partial charge is 0.303 e. The number of rotatable bonds is 12. The molecule has 0 aliphatic heterocycles. The first-order chi connectivity index (χ1) is 14.7. The number of ether oxygens (including phenoxy) is 1. The number of nitrogens with one attached hydrogen (secondary N) is 1. The fourth-order valence-corrected chi connectivity index (χ4v) is 3.29. The van der Waals surface area contributed by atoms with Crippen LogP contribution in [-0.2, 0) is 17.6 Å². The lowest BCUT2D eigenvalue weighted by atomic mass is 9.96. The van der Waals surface area contributed by atoms with Crippen molar-refractivity contribution in [1.29, 1.82) is 0 Å². The molecule has 0 amide bonds. The highest BCUT2D eigenvalue weighted by atomic mass is 16.5. The number of aliphatic carboxylic acids is 1.